The molecule has 0 aromatic heterocycles. The molecule has 1 atom stereocenters. The van der Waals surface area contributed by atoms with Crippen molar-refractivity contribution in [2.45, 2.75) is 54.7 Å². The SMILES string of the molecule is CS(=O)(=O)c1cc(CC(Cl)C(=O)O)cc(Br)c1C1CCCCC1. The number of alkyl halides is 1. The molecular formula is C16H20BrClO4S. The van der Waals surface area contributed by atoms with E-state index in [4.69, 9.17) is 16.7 Å². The zero-order valence-electron chi connectivity index (χ0n) is 12.9. The topological polar surface area (TPSA) is 71.4 Å². The number of carboxylic acid groups (broad SMARTS) is 1. The fourth-order valence-electron chi connectivity index (χ4n) is 3.15. The largest absolute Gasteiger partial charge is 0.480 e. The first-order valence-corrected chi connectivity index (χ1v) is 10.7. The van der Waals surface area contributed by atoms with E-state index in [0.29, 0.717) is 10.5 Å². The molecule has 1 saturated carbocycles. The van der Waals surface area contributed by atoms with Gasteiger partial charge in [0, 0.05) is 10.7 Å². The Labute approximate surface area is 150 Å². The Bertz CT molecular complexity index is 696. The predicted molar refractivity (Wildman–Crippen MR) is 94.1 cm³/mol. The average Bonchev–Trinajstić information content (AvgIpc) is 2.46. The minimum absolute atomic E-state index is 0.0863. The third kappa shape index (κ3) is 4.70. The van der Waals surface area contributed by atoms with Crippen LogP contribution in [-0.4, -0.2) is 31.1 Å². The Morgan fingerprint density at radius 2 is 1.96 bits per heavy atom. The quantitative estimate of drug-likeness (QED) is 0.723. The number of aliphatic carboxylic acids is 1. The number of halogens is 2. The molecule has 7 heteroatoms. The Morgan fingerprint density at radius 3 is 2.48 bits per heavy atom. The van der Waals surface area contributed by atoms with E-state index >= 15 is 0 Å². The summed E-state index contributed by atoms with van der Waals surface area (Å²) in [4.78, 5) is 11.2. The van der Waals surface area contributed by atoms with Gasteiger partial charge in [0.2, 0.25) is 0 Å². The van der Waals surface area contributed by atoms with Crippen LogP contribution in [0, 0.1) is 0 Å². The number of sulfone groups is 1. The number of rotatable bonds is 5. The lowest BCUT2D eigenvalue weighted by Gasteiger charge is -2.25. The molecule has 4 nitrogen and oxygen atoms in total. The average molecular weight is 424 g/mol. The zero-order valence-corrected chi connectivity index (χ0v) is 16.0. The molecule has 128 valence electrons. The van der Waals surface area contributed by atoms with Crippen LogP contribution in [-0.2, 0) is 21.1 Å². The third-order valence-corrected chi connectivity index (χ3v) is 6.38. The molecule has 23 heavy (non-hydrogen) atoms. The van der Waals surface area contributed by atoms with Crippen LogP contribution >= 0.6 is 27.5 Å². The van der Waals surface area contributed by atoms with Gasteiger partial charge in [0.1, 0.15) is 5.38 Å². The molecule has 1 aromatic rings. The van der Waals surface area contributed by atoms with Gasteiger partial charge in [0.15, 0.2) is 9.84 Å². The van der Waals surface area contributed by atoms with Gasteiger partial charge in [-0.3, -0.25) is 4.79 Å². The van der Waals surface area contributed by atoms with Gasteiger partial charge in [-0.2, -0.15) is 0 Å². The van der Waals surface area contributed by atoms with Crippen LogP contribution in [0.5, 0.6) is 0 Å². The molecule has 0 radical (unpaired) electrons. The van der Waals surface area contributed by atoms with Gasteiger partial charge in [-0.05, 0) is 48.4 Å². The van der Waals surface area contributed by atoms with E-state index in [2.05, 4.69) is 15.9 Å². The van der Waals surface area contributed by atoms with E-state index in [9.17, 15) is 13.2 Å². The minimum atomic E-state index is -3.40. The Kier molecular flexibility index (Phi) is 6.14. The van der Waals surface area contributed by atoms with Crippen LogP contribution in [0.4, 0.5) is 0 Å². The van der Waals surface area contributed by atoms with Crippen molar-refractivity contribution < 1.29 is 18.3 Å². The number of carboxylic acids is 1. The standard InChI is InChI=1S/C16H20BrClO4S/c1-23(21,22)14-9-10(8-13(18)16(19)20)7-12(17)15(14)11-5-3-2-4-6-11/h7,9,11,13H,2-6,8H2,1H3,(H,19,20). The molecule has 1 fully saturated rings. The summed E-state index contributed by atoms with van der Waals surface area (Å²) in [6.45, 7) is 0. The highest BCUT2D eigenvalue weighted by Crippen LogP contribution is 2.40. The Morgan fingerprint density at radius 1 is 1.35 bits per heavy atom. The molecule has 0 heterocycles. The van der Waals surface area contributed by atoms with E-state index in [1.807, 2.05) is 0 Å². The normalized spacial score (nSPS) is 17.9. The van der Waals surface area contributed by atoms with E-state index < -0.39 is 21.2 Å². The monoisotopic (exact) mass is 422 g/mol. The Balaban J connectivity index is 2.48. The Hall–Kier alpha value is -0.590. The van der Waals surface area contributed by atoms with Crippen LogP contribution in [0.1, 0.15) is 49.1 Å². The molecule has 1 unspecified atom stereocenters. The van der Waals surface area contributed by atoms with E-state index in [1.165, 1.54) is 12.7 Å². The molecule has 0 amide bonds. The van der Waals surface area contributed by atoms with Crippen molar-refractivity contribution in [1.29, 1.82) is 0 Å². The predicted octanol–water partition coefficient (Wildman–Crippen LogP) is 4.13. The van der Waals surface area contributed by atoms with E-state index in [1.54, 1.807) is 12.1 Å². The molecule has 0 saturated heterocycles. The summed E-state index contributed by atoms with van der Waals surface area (Å²) in [5.74, 6) is -0.886. The molecule has 0 aliphatic heterocycles. The fourth-order valence-corrected chi connectivity index (χ4v) is 5.33. The summed E-state index contributed by atoms with van der Waals surface area (Å²) >= 11 is 9.29. The summed E-state index contributed by atoms with van der Waals surface area (Å²) < 4.78 is 25.2. The molecule has 0 bridgehead atoms. The van der Waals surface area contributed by atoms with Crippen molar-refractivity contribution in [1.82, 2.24) is 0 Å². The lowest BCUT2D eigenvalue weighted by molar-refractivity contribution is -0.136. The second-order valence-corrected chi connectivity index (χ2v) is 9.47. The first-order valence-electron chi connectivity index (χ1n) is 7.59. The van der Waals surface area contributed by atoms with Gasteiger partial charge in [0.05, 0.1) is 4.90 Å². The van der Waals surface area contributed by atoms with Gasteiger partial charge in [0.25, 0.3) is 0 Å². The summed E-state index contributed by atoms with van der Waals surface area (Å²) in [5.41, 5.74) is 1.44. The molecule has 1 aliphatic rings. The van der Waals surface area contributed by atoms with Gasteiger partial charge >= 0.3 is 5.97 Å². The van der Waals surface area contributed by atoms with E-state index in [-0.39, 0.29) is 12.3 Å². The van der Waals surface area contributed by atoms with Gasteiger partial charge in [-0.1, -0.05) is 35.2 Å². The van der Waals surface area contributed by atoms with Crippen LogP contribution in [0.25, 0.3) is 0 Å². The molecule has 0 spiro atoms. The first kappa shape index (κ1) is 18.7. The zero-order chi connectivity index (χ0) is 17.2. The van der Waals surface area contributed by atoms with Crippen molar-refractivity contribution in [3.8, 4) is 0 Å². The second-order valence-electron chi connectivity index (χ2n) is 6.11. The molecular weight excluding hydrogens is 404 g/mol. The highest BCUT2D eigenvalue weighted by atomic mass is 79.9. The maximum Gasteiger partial charge on any atom is 0.321 e. The van der Waals surface area contributed by atoms with Gasteiger partial charge < -0.3 is 5.11 Å². The van der Waals surface area contributed by atoms with Crippen molar-refractivity contribution >= 4 is 43.3 Å². The minimum Gasteiger partial charge on any atom is -0.480 e. The van der Waals surface area contributed by atoms with Crippen molar-refractivity contribution in [2.75, 3.05) is 6.26 Å². The number of hydrogen-bond acceptors (Lipinski definition) is 3. The summed E-state index contributed by atoms with van der Waals surface area (Å²) in [5, 5.41) is 7.86. The smallest absolute Gasteiger partial charge is 0.321 e. The third-order valence-electron chi connectivity index (χ3n) is 4.25. The van der Waals surface area contributed by atoms with Crippen molar-refractivity contribution in [3.63, 3.8) is 0 Å². The number of carbonyl (C=O) groups is 1. The van der Waals surface area contributed by atoms with Crippen LogP contribution in [0.15, 0.2) is 21.5 Å². The van der Waals surface area contributed by atoms with Crippen LogP contribution < -0.4 is 0 Å². The fraction of sp³-hybridized carbons (Fsp3) is 0.562. The summed E-state index contributed by atoms with van der Waals surface area (Å²) in [6.07, 6.45) is 6.63. The maximum atomic E-state index is 12.3. The van der Waals surface area contributed by atoms with E-state index in [0.717, 1.165) is 35.7 Å². The van der Waals surface area contributed by atoms with Gasteiger partial charge in [-0.15, -0.1) is 11.6 Å². The van der Waals surface area contributed by atoms with Crippen LogP contribution in [0.2, 0.25) is 0 Å². The molecule has 1 N–H and O–H groups in total. The molecule has 2 rings (SSSR count). The van der Waals surface area contributed by atoms with Crippen molar-refractivity contribution in [2.24, 2.45) is 0 Å². The highest BCUT2D eigenvalue weighted by Gasteiger charge is 2.26. The summed E-state index contributed by atoms with van der Waals surface area (Å²) in [7, 11) is -3.40. The lowest BCUT2D eigenvalue weighted by Crippen LogP contribution is -2.17. The first-order chi connectivity index (χ1) is 10.7. The summed E-state index contributed by atoms with van der Waals surface area (Å²) in [6, 6.07) is 3.39. The number of hydrogen-bond donors (Lipinski definition) is 1. The molecule has 1 aromatic carbocycles. The molecule has 1 aliphatic carbocycles. The maximum absolute atomic E-state index is 12.3. The highest BCUT2D eigenvalue weighted by molar-refractivity contribution is 9.10. The van der Waals surface area contributed by atoms with Gasteiger partial charge in [-0.25, -0.2) is 8.42 Å². The van der Waals surface area contributed by atoms with Crippen molar-refractivity contribution in [3.05, 3.63) is 27.7 Å². The van der Waals surface area contributed by atoms with Crippen LogP contribution in [0.3, 0.4) is 0 Å². The second kappa shape index (κ2) is 7.53. The number of benzene rings is 1. The lowest BCUT2D eigenvalue weighted by atomic mass is 9.83.